The zero-order valence-electron chi connectivity index (χ0n) is 13.1. The number of hydrogen-bond donors (Lipinski definition) is 1. The Morgan fingerprint density at radius 2 is 2.10 bits per heavy atom. The van der Waals surface area contributed by atoms with Gasteiger partial charge in [0.15, 0.2) is 0 Å². The van der Waals surface area contributed by atoms with E-state index in [1.807, 2.05) is 6.20 Å². The van der Waals surface area contributed by atoms with E-state index >= 15 is 0 Å². The predicted octanol–water partition coefficient (Wildman–Crippen LogP) is 3.29. The predicted molar refractivity (Wildman–Crippen MR) is 86.5 cm³/mol. The van der Waals surface area contributed by atoms with Gasteiger partial charge in [0.1, 0.15) is 5.82 Å². The van der Waals surface area contributed by atoms with Crippen molar-refractivity contribution in [2.75, 3.05) is 6.54 Å². The lowest BCUT2D eigenvalue weighted by Crippen LogP contribution is -2.24. The number of imidazole rings is 1. The van der Waals surface area contributed by atoms with E-state index < -0.39 is 0 Å². The number of benzene rings is 1. The third-order valence-electron chi connectivity index (χ3n) is 4.50. The summed E-state index contributed by atoms with van der Waals surface area (Å²) < 4.78 is 2.23. The molecule has 112 valence electrons. The van der Waals surface area contributed by atoms with Gasteiger partial charge >= 0.3 is 0 Å². The highest BCUT2D eigenvalue weighted by Gasteiger charge is 2.17. The van der Waals surface area contributed by atoms with E-state index in [1.165, 1.54) is 30.7 Å². The number of nitrogens with zero attached hydrogens (tertiary/aromatic N) is 2. The normalized spacial score (nSPS) is 15.1. The zero-order valence-corrected chi connectivity index (χ0v) is 13.1. The highest BCUT2D eigenvalue weighted by atomic mass is 15.1. The van der Waals surface area contributed by atoms with Crippen molar-refractivity contribution in [3.05, 3.63) is 53.1 Å². The van der Waals surface area contributed by atoms with E-state index in [1.54, 1.807) is 11.1 Å². The first-order valence-electron chi connectivity index (χ1n) is 8.17. The Kier molecular flexibility index (Phi) is 4.39. The second kappa shape index (κ2) is 6.44. The Hall–Kier alpha value is -1.61. The van der Waals surface area contributed by atoms with Gasteiger partial charge in [0.2, 0.25) is 0 Å². The monoisotopic (exact) mass is 283 g/mol. The maximum atomic E-state index is 4.53. The molecule has 1 aromatic carbocycles. The molecule has 0 saturated heterocycles. The van der Waals surface area contributed by atoms with E-state index in [9.17, 15) is 0 Å². The Bertz CT molecular complexity index is 600. The molecule has 1 unspecified atom stereocenters. The van der Waals surface area contributed by atoms with Crippen LogP contribution >= 0.6 is 0 Å². The summed E-state index contributed by atoms with van der Waals surface area (Å²) in [7, 11) is 0. The molecule has 21 heavy (non-hydrogen) atoms. The van der Waals surface area contributed by atoms with Gasteiger partial charge in [-0.3, -0.25) is 0 Å². The maximum absolute atomic E-state index is 4.53. The molecule has 3 rings (SSSR count). The second-order valence-electron chi connectivity index (χ2n) is 5.83. The summed E-state index contributed by atoms with van der Waals surface area (Å²) in [5.74, 6) is 1.17. The lowest BCUT2D eigenvalue weighted by atomic mass is 9.98. The fraction of sp³-hybridized carbons (Fsp3) is 0.500. The van der Waals surface area contributed by atoms with Gasteiger partial charge in [-0.05, 0) is 49.4 Å². The molecule has 0 amide bonds. The van der Waals surface area contributed by atoms with Crippen molar-refractivity contribution < 1.29 is 0 Å². The van der Waals surface area contributed by atoms with Crippen LogP contribution in [-0.2, 0) is 25.8 Å². The molecule has 0 bridgehead atoms. The minimum absolute atomic E-state index is 0.355. The molecule has 0 radical (unpaired) electrons. The van der Waals surface area contributed by atoms with Crippen LogP contribution in [0.2, 0.25) is 0 Å². The van der Waals surface area contributed by atoms with Crippen LogP contribution in [0, 0.1) is 0 Å². The van der Waals surface area contributed by atoms with Crippen LogP contribution in [0.3, 0.4) is 0 Å². The largest absolute Gasteiger partial charge is 0.335 e. The second-order valence-corrected chi connectivity index (χ2v) is 5.83. The fourth-order valence-electron chi connectivity index (χ4n) is 3.36. The molecule has 0 fully saturated rings. The van der Waals surface area contributed by atoms with Crippen molar-refractivity contribution in [1.29, 1.82) is 0 Å². The first-order valence-corrected chi connectivity index (χ1v) is 8.17. The van der Waals surface area contributed by atoms with Crippen LogP contribution in [0.5, 0.6) is 0 Å². The number of fused-ring (bicyclic) bond motifs is 1. The standard InChI is InChI=1S/C18H25N3/c1-3-19-17(13-18-20-10-11-21(18)4-2)16-9-8-14-6-5-7-15(14)12-16/h8-12,17,19H,3-7,13H2,1-2H3. The van der Waals surface area contributed by atoms with Crippen molar-refractivity contribution in [1.82, 2.24) is 14.9 Å². The first kappa shape index (κ1) is 14.3. The van der Waals surface area contributed by atoms with Crippen LogP contribution in [-0.4, -0.2) is 16.1 Å². The fourth-order valence-corrected chi connectivity index (χ4v) is 3.36. The third-order valence-corrected chi connectivity index (χ3v) is 4.50. The average molecular weight is 283 g/mol. The Morgan fingerprint density at radius 1 is 1.24 bits per heavy atom. The summed E-state index contributed by atoms with van der Waals surface area (Å²) in [6, 6.07) is 7.40. The van der Waals surface area contributed by atoms with Crippen molar-refractivity contribution in [2.45, 2.75) is 52.1 Å². The van der Waals surface area contributed by atoms with Gasteiger partial charge in [0.25, 0.3) is 0 Å². The first-order chi connectivity index (χ1) is 10.3. The van der Waals surface area contributed by atoms with Crippen molar-refractivity contribution in [3.63, 3.8) is 0 Å². The molecule has 1 aliphatic carbocycles. The van der Waals surface area contributed by atoms with Gasteiger partial charge in [-0.25, -0.2) is 4.98 Å². The number of likely N-dealkylation sites (N-methyl/N-ethyl adjacent to an activating group) is 1. The summed E-state index contributed by atoms with van der Waals surface area (Å²) in [5.41, 5.74) is 4.50. The molecule has 1 N–H and O–H groups in total. The van der Waals surface area contributed by atoms with Gasteiger partial charge < -0.3 is 9.88 Å². The maximum Gasteiger partial charge on any atom is 0.110 e. The molecule has 1 aromatic heterocycles. The SMILES string of the molecule is CCNC(Cc1nccn1CC)c1ccc2c(c1)CCC2. The summed E-state index contributed by atoms with van der Waals surface area (Å²) in [6.45, 7) is 6.31. The average Bonchev–Trinajstić information content (AvgIpc) is 3.14. The molecule has 2 aromatic rings. The minimum atomic E-state index is 0.355. The summed E-state index contributed by atoms with van der Waals surface area (Å²) in [5, 5.41) is 3.63. The van der Waals surface area contributed by atoms with Gasteiger partial charge in [0.05, 0.1) is 0 Å². The molecule has 3 heteroatoms. The Balaban J connectivity index is 1.84. The molecule has 1 aliphatic rings. The number of aryl methyl sites for hydroxylation is 3. The highest BCUT2D eigenvalue weighted by Crippen LogP contribution is 2.26. The molecule has 0 spiro atoms. The van der Waals surface area contributed by atoms with Gasteiger partial charge in [-0.2, -0.15) is 0 Å². The highest BCUT2D eigenvalue weighted by molar-refractivity contribution is 5.36. The molecule has 1 atom stereocenters. The van der Waals surface area contributed by atoms with E-state index in [-0.39, 0.29) is 0 Å². The van der Waals surface area contributed by atoms with Gasteiger partial charge in [-0.15, -0.1) is 0 Å². The van der Waals surface area contributed by atoms with E-state index in [0.29, 0.717) is 6.04 Å². The molecule has 0 aliphatic heterocycles. The summed E-state index contributed by atoms with van der Waals surface area (Å²) in [4.78, 5) is 4.53. The number of hydrogen-bond acceptors (Lipinski definition) is 2. The van der Waals surface area contributed by atoms with Gasteiger partial charge in [0, 0.05) is 31.4 Å². The van der Waals surface area contributed by atoms with E-state index in [2.05, 4.69) is 53.1 Å². The number of nitrogens with one attached hydrogen (secondary N) is 1. The third kappa shape index (κ3) is 3.03. The van der Waals surface area contributed by atoms with E-state index in [0.717, 1.165) is 19.5 Å². The number of rotatable bonds is 6. The number of aromatic nitrogens is 2. The summed E-state index contributed by atoms with van der Waals surface area (Å²) in [6.07, 6.45) is 8.73. The van der Waals surface area contributed by atoms with Crippen molar-refractivity contribution in [2.24, 2.45) is 0 Å². The Labute approximate surface area is 127 Å². The molecule has 0 saturated carbocycles. The van der Waals surface area contributed by atoms with Crippen LogP contribution in [0.25, 0.3) is 0 Å². The lowest BCUT2D eigenvalue weighted by Gasteiger charge is -2.19. The van der Waals surface area contributed by atoms with Crippen LogP contribution < -0.4 is 5.32 Å². The molecular formula is C18H25N3. The van der Waals surface area contributed by atoms with Gasteiger partial charge in [-0.1, -0.05) is 25.1 Å². The van der Waals surface area contributed by atoms with Crippen molar-refractivity contribution >= 4 is 0 Å². The van der Waals surface area contributed by atoms with Crippen LogP contribution in [0.1, 0.15) is 48.8 Å². The Morgan fingerprint density at radius 3 is 2.90 bits per heavy atom. The van der Waals surface area contributed by atoms with Crippen LogP contribution in [0.4, 0.5) is 0 Å². The zero-order chi connectivity index (χ0) is 14.7. The smallest absolute Gasteiger partial charge is 0.110 e. The molecule has 1 heterocycles. The van der Waals surface area contributed by atoms with E-state index in [4.69, 9.17) is 0 Å². The van der Waals surface area contributed by atoms with Crippen molar-refractivity contribution in [3.8, 4) is 0 Å². The minimum Gasteiger partial charge on any atom is -0.335 e. The molecular weight excluding hydrogens is 258 g/mol. The molecule has 3 nitrogen and oxygen atoms in total. The summed E-state index contributed by atoms with van der Waals surface area (Å²) >= 11 is 0. The quantitative estimate of drug-likeness (QED) is 0.881. The topological polar surface area (TPSA) is 29.9 Å². The lowest BCUT2D eigenvalue weighted by molar-refractivity contribution is 0.522. The van der Waals surface area contributed by atoms with Crippen LogP contribution in [0.15, 0.2) is 30.6 Å².